The summed E-state index contributed by atoms with van der Waals surface area (Å²) in [4.78, 5) is 17.0. The molecule has 30 heavy (non-hydrogen) atoms. The summed E-state index contributed by atoms with van der Waals surface area (Å²) in [5.41, 5.74) is 2.76. The number of para-hydroxylation sites is 1. The standard InChI is InChI=1S/C21H16BrClN4O3/c1-12-19(25-26-27(12)18-9-4-3-8-16(18)22)21(28)29-11-17-13(2)30-20(24-17)14-6-5-7-15(23)10-14/h3-10H,11H2,1-2H3. The molecule has 0 aliphatic carbocycles. The van der Waals surface area contributed by atoms with Crippen molar-refractivity contribution in [2.24, 2.45) is 0 Å². The zero-order valence-corrected chi connectivity index (χ0v) is 18.4. The summed E-state index contributed by atoms with van der Waals surface area (Å²) in [6.07, 6.45) is 0. The average Bonchev–Trinajstić information content (AvgIpc) is 3.29. The predicted octanol–water partition coefficient (Wildman–Crippen LogP) is 5.31. The molecule has 4 aromatic rings. The average molecular weight is 488 g/mol. The van der Waals surface area contributed by atoms with Gasteiger partial charge < -0.3 is 9.15 Å². The highest BCUT2D eigenvalue weighted by molar-refractivity contribution is 9.10. The van der Waals surface area contributed by atoms with Crippen molar-refractivity contribution in [1.29, 1.82) is 0 Å². The van der Waals surface area contributed by atoms with E-state index in [0.29, 0.717) is 28.1 Å². The topological polar surface area (TPSA) is 83.0 Å². The number of ether oxygens (including phenoxy) is 1. The molecule has 2 aromatic heterocycles. The summed E-state index contributed by atoms with van der Waals surface area (Å²) >= 11 is 9.50. The maximum absolute atomic E-state index is 12.6. The van der Waals surface area contributed by atoms with E-state index in [1.165, 1.54) is 0 Å². The second-order valence-electron chi connectivity index (χ2n) is 6.50. The molecule has 0 N–H and O–H groups in total. The number of hydrogen-bond acceptors (Lipinski definition) is 6. The van der Waals surface area contributed by atoms with E-state index in [4.69, 9.17) is 20.8 Å². The molecular weight excluding hydrogens is 472 g/mol. The second kappa shape index (κ2) is 8.41. The number of aromatic nitrogens is 4. The number of carbonyl (C=O) groups is 1. The molecule has 152 valence electrons. The summed E-state index contributed by atoms with van der Waals surface area (Å²) < 4.78 is 13.5. The molecule has 7 nitrogen and oxygen atoms in total. The zero-order chi connectivity index (χ0) is 21.3. The van der Waals surface area contributed by atoms with Crippen molar-refractivity contribution >= 4 is 33.5 Å². The van der Waals surface area contributed by atoms with E-state index in [0.717, 1.165) is 15.7 Å². The third-order valence-corrected chi connectivity index (χ3v) is 5.38. The summed E-state index contributed by atoms with van der Waals surface area (Å²) in [5, 5.41) is 8.65. The normalized spacial score (nSPS) is 10.9. The van der Waals surface area contributed by atoms with Gasteiger partial charge in [0.1, 0.15) is 18.1 Å². The number of nitrogens with zero attached hydrogens (tertiary/aromatic N) is 4. The number of oxazole rings is 1. The monoisotopic (exact) mass is 486 g/mol. The number of rotatable bonds is 5. The summed E-state index contributed by atoms with van der Waals surface area (Å²) in [5.74, 6) is 0.390. The SMILES string of the molecule is Cc1oc(-c2cccc(Cl)c2)nc1COC(=O)c1nnn(-c2ccccc2Br)c1C. The molecule has 9 heteroatoms. The van der Waals surface area contributed by atoms with Crippen molar-refractivity contribution in [2.45, 2.75) is 20.5 Å². The van der Waals surface area contributed by atoms with Crippen molar-refractivity contribution in [3.63, 3.8) is 0 Å². The lowest BCUT2D eigenvalue weighted by atomic mass is 10.2. The molecule has 2 aromatic carbocycles. The lowest BCUT2D eigenvalue weighted by Crippen LogP contribution is -2.09. The molecule has 0 fully saturated rings. The van der Waals surface area contributed by atoms with Gasteiger partial charge in [0, 0.05) is 15.1 Å². The predicted molar refractivity (Wildman–Crippen MR) is 115 cm³/mol. The largest absolute Gasteiger partial charge is 0.454 e. The Balaban J connectivity index is 1.50. The van der Waals surface area contributed by atoms with Gasteiger partial charge in [-0.05, 0) is 60.1 Å². The molecule has 2 heterocycles. The minimum Gasteiger partial charge on any atom is -0.454 e. The van der Waals surface area contributed by atoms with Gasteiger partial charge in [0.05, 0.1) is 11.4 Å². The van der Waals surface area contributed by atoms with E-state index in [2.05, 4.69) is 31.2 Å². The second-order valence-corrected chi connectivity index (χ2v) is 7.79. The van der Waals surface area contributed by atoms with Crippen molar-refractivity contribution in [3.05, 3.63) is 80.9 Å². The molecule has 0 aliphatic heterocycles. The Morgan fingerprint density at radius 1 is 1.20 bits per heavy atom. The highest BCUT2D eigenvalue weighted by Gasteiger charge is 2.21. The Morgan fingerprint density at radius 2 is 2.00 bits per heavy atom. The number of carbonyl (C=O) groups excluding carboxylic acids is 1. The van der Waals surface area contributed by atoms with Crippen LogP contribution in [0.15, 0.2) is 57.4 Å². The van der Waals surface area contributed by atoms with Crippen LogP contribution in [0.2, 0.25) is 5.02 Å². The number of hydrogen-bond donors (Lipinski definition) is 0. The lowest BCUT2D eigenvalue weighted by molar-refractivity contribution is 0.0459. The Bertz CT molecular complexity index is 1230. The van der Waals surface area contributed by atoms with Gasteiger partial charge in [-0.15, -0.1) is 5.10 Å². The molecule has 0 saturated heterocycles. The van der Waals surface area contributed by atoms with Crippen LogP contribution in [0.1, 0.15) is 27.6 Å². The van der Waals surface area contributed by atoms with Crippen molar-refractivity contribution in [1.82, 2.24) is 20.0 Å². The van der Waals surface area contributed by atoms with Crippen molar-refractivity contribution in [3.8, 4) is 17.1 Å². The van der Waals surface area contributed by atoms with Gasteiger partial charge in [0.25, 0.3) is 0 Å². The summed E-state index contributed by atoms with van der Waals surface area (Å²) in [6.45, 7) is 3.48. The molecule has 0 saturated carbocycles. The Morgan fingerprint density at radius 3 is 2.77 bits per heavy atom. The van der Waals surface area contributed by atoms with Gasteiger partial charge in [0.2, 0.25) is 5.89 Å². The Hall–Kier alpha value is -2.97. The fourth-order valence-electron chi connectivity index (χ4n) is 2.88. The first-order valence-corrected chi connectivity index (χ1v) is 10.2. The molecule has 4 rings (SSSR count). The number of halogens is 2. The molecule has 0 unspecified atom stereocenters. The Kier molecular flexibility index (Phi) is 5.69. The maximum atomic E-state index is 12.6. The first-order valence-electron chi connectivity index (χ1n) is 9.00. The van der Waals surface area contributed by atoms with E-state index < -0.39 is 5.97 Å². The fourth-order valence-corrected chi connectivity index (χ4v) is 3.52. The van der Waals surface area contributed by atoms with Crippen LogP contribution in [0.4, 0.5) is 0 Å². The zero-order valence-electron chi connectivity index (χ0n) is 16.1. The molecular formula is C21H16BrClN4O3. The Labute approximate surface area is 185 Å². The van der Waals surface area contributed by atoms with Gasteiger partial charge in [-0.25, -0.2) is 14.5 Å². The third-order valence-electron chi connectivity index (χ3n) is 4.47. The lowest BCUT2D eigenvalue weighted by Gasteiger charge is -2.06. The summed E-state index contributed by atoms with van der Waals surface area (Å²) in [6, 6.07) is 14.7. The van der Waals surface area contributed by atoms with Crippen molar-refractivity contribution in [2.75, 3.05) is 0 Å². The molecule has 0 bridgehead atoms. The summed E-state index contributed by atoms with van der Waals surface area (Å²) in [7, 11) is 0. The van der Waals surface area contributed by atoms with E-state index in [9.17, 15) is 4.79 Å². The first kappa shape index (κ1) is 20.3. The minimum absolute atomic E-state index is 0.0456. The molecule has 0 spiro atoms. The van der Waals surface area contributed by atoms with Crippen LogP contribution in [0, 0.1) is 13.8 Å². The van der Waals surface area contributed by atoms with Crippen LogP contribution >= 0.6 is 27.5 Å². The van der Waals surface area contributed by atoms with Gasteiger partial charge in [0.15, 0.2) is 5.69 Å². The van der Waals surface area contributed by atoms with Crippen LogP contribution < -0.4 is 0 Å². The van der Waals surface area contributed by atoms with Gasteiger partial charge in [-0.3, -0.25) is 0 Å². The van der Waals surface area contributed by atoms with Crippen molar-refractivity contribution < 1.29 is 13.9 Å². The van der Waals surface area contributed by atoms with Gasteiger partial charge in [-0.1, -0.05) is 35.0 Å². The quantitative estimate of drug-likeness (QED) is 0.355. The first-order chi connectivity index (χ1) is 14.4. The highest BCUT2D eigenvalue weighted by atomic mass is 79.9. The highest BCUT2D eigenvalue weighted by Crippen LogP contribution is 2.25. The molecule has 0 radical (unpaired) electrons. The number of esters is 1. The van der Waals surface area contributed by atoms with E-state index >= 15 is 0 Å². The molecule has 0 amide bonds. The van der Waals surface area contributed by atoms with Crippen LogP contribution in [-0.2, 0) is 11.3 Å². The third kappa shape index (κ3) is 4.01. The van der Waals surface area contributed by atoms with E-state index in [1.54, 1.807) is 30.7 Å². The van der Waals surface area contributed by atoms with Crippen LogP contribution in [0.3, 0.4) is 0 Å². The maximum Gasteiger partial charge on any atom is 0.361 e. The van der Waals surface area contributed by atoms with Gasteiger partial charge >= 0.3 is 5.97 Å². The fraction of sp³-hybridized carbons (Fsp3) is 0.143. The van der Waals surface area contributed by atoms with Crippen LogP contribution in [0.5, 0.6) is 0 Å². The van der Waals surface area contributed by atoms with Crippen LogP contribution in [-0.4, -0.2) is 25.9 Å². The van der Waals surface area contributed by atoms with Gasteiger partial charge in [-0.2, -0.15) is 0 Å². The number of aryl methyl sites for hydroxylation is 1. The number of benzene rings is 2. The van der Waals surface area contributed by atoms with Crippen LogP contribution in [0.25, 0.3) is 17.1 Å². The smallest absolute Gasteiger partial charge is 0.361 e. The molecule has 0 aliphatic rings. The van der Waals surface area contributed by atoms with E-state index in [1.807, 2.05) is 36.4 Å². The molecule has 0 atom stereocenters. The minimum atomic E-state index is -0.586. The van der Waals surface area contributed by atoms with E-state index in [-0.39, 0.29) is 12.3 Å².